The Morgan fingerprint density at radius 3 is 2.57 bits per heavy atom. The van der Waals surface area contributed by atoms with Gasteiger partial charge in [0.2, 0.25) is 6.79 Å². The van der Waals surface area contributed by atoms with Crippen molar-refractivity contribution in [1.29, 1.82) is 0 Å². The van der Waals surface area contributed by atoms with Crippen LogP contribution in [0.15, 0.2) is 48.5 Å². The summed E-state index contributed by atoms with van der Waals surface area (Å²) in [7, 11) is 0. The number of ether oxygens (including phenoxy) is 2. The summed E-state index contributed by atoms with van der Waals surface area (Å²) in [6.45, 7) is 2.28. The highest BCUT2D eigenvalue weighted by molar-refractivity contribution is 5.48. The fraction of sp³-hybridized carbons (Fsp3) is 0.333. The molecule has 1 N–H and O–H groups in total. The van der Waals surface area contributed by atoms with E-state index in [1.165, 1.54) is 24.0 Å². The summed E-state index contributed by atoms with van der Waals surface area (Å²) in [4.78, 5) is 0. The average molecular weight is 281 g/mol. The number of hydrogen-bond acceptors (Lipinski definition) is 3. The lowest BCUT2D eigenvalue weighted by Crippen LogP contribution is -2.26. The van der Waals surface area contributed by atoms with E-state index in [1.54, 1.807) is 0 Å². The van der Waals surface area contributed by atoms with E-state index in [0.717, 1.165) is 24.6 Å². The van der Waals surface area contributed by atoms with Crippen LogP contribution in [-0.2, 0) is 12.0 Å². The van der Waals surface area contributed by atoms with Crippen molar-refractivity contribution in [3.8, 4) is 11.5 Å². The first-order chi connectivity index (χ1) is 10.4. The van der Waals surface area contributed by atoms with E-state index in [-0.39, 0.29) is 5.41 Å². The summed E-state index contributed by atoms with van der Waals surface area (Å²) in [5.41, 5.74) is 2.99. The monoisotopic (exact) mass is 281 g/mol. The van der Waals surface area contributed by atoms with Crippen molar-refractivity contribution in [2.24, 2.45) is 0 Å². The van der Waals surface area contributed by atoms with E-state index >= 15 is 0 Å². The van der Waals surface area contributed by atoms with Crippen molar-refractivity contribution in [3.63, 3.8) is 0 Å². The lowest BCUT2D eigenvalue weighted by atomic mass is 9.95. The van der Waals surface area contributed by atoms with Gasteiger partial charge in [0, 0.05) is 18.5 Å². The fourth-order valence-corrected chi connectivity index (χ4v) is 2.99. The summed E-state index contributed by atoms with van der Waals surface area (Å²) >= 11 is 0. The van der Waals surface area contributed by atoms with Crippen molar-refractivity contribution < 1.29 is 9.47 Å². The molecule has 1 heterocycles. The molecule has 1 saturated carbocycles. The van der Waals surface area contributed by atoms with E-state index in [0.29, 0.717) is 6.79 Å². The molecule has 0 radical (unpaired) electrons. The average Bonchev–Trinajstić information content (AvgIpc) is 3.17. The third-order valence-electron chi connectivity index (χ3n) is 4.47. The topological polar surface area (TPSA) is 30.5 Å². The predicted molar refractivity (Wildman–Crippen MR) is 81.6 cm³/mol. The lowest BCUT2D eigenvalue weighted by molar-refractivity contribution is 0.174. The Bertz CT molecular complexity index is 635. The van der Waals surface area contributed by atoms with Crippen LogP contribution in [0.3, 0.4) is 0 Å². The molecule has 108 valence electrons. The molecule has 0 amide bonds. The maximum Gasteiger partial charge on any atom is 0.231 e. The number of nitrogens with one attached hydrogen (secondary N) is 1. The molecule has 21 heavy (non-hydrogen) atoms. The quantitative estimate of drug-likeness (QED) is 0.912. The van der Waals surface area contributed by atoms with Crippen molar-refractivity contribution in [3.05, 3.63) is 59.7 Å². The van der Waals surface area contributed by atoms with Gasteiger partial charge in [-0.05, 0) is 36.1 Å². The second-order valence-electron chi connectivity index (χ2n) is 5.94. The molecule has 0 spiro atoms. The molecular formula is C18H19NO2. The smallest absolute Gasteiger partial charge is 0.231 e. The molecule has 3 nitrogen and oxygen atoms in total. The zero-order valence-corrected chi connectivity index (χ0v) is 12.0. The fourth-order valence-electron chi connectivity index (χ4n) is 2.99. The highest BCUT2D eigenvalue weighted by atomic mass is 16.7. The lowest BCUT2D eigenvalue weighted by Gasteiger charge is -2.17. The molecule has 1 aliphatic heterocycles. The summed E-state index contributed by atoms with van der Waals surface area (Å²) < 4.78 is 10.9. The Kier molecular flexibility index (Phi) is 3.08. The minimum Gasteiger partial charge on any atom is -0.454 e. The van der Waals surface area contributed by atoms with Gasteiger partial charge in [0.05, 0.1) is 0 Å². The van der Waals surface area contributed by atoms with Crippen LogP contribution in [0.2, 0.25) is 0 Å². The van der Waals surface area contributed by atoms with Gasteiger partial charge in [-0.25, -0.2) is 0 Å². The van der Waals surface area contributed by atoms with Crippen LogP contribution in [0, 0.1) is 0 Å². The van der Waals surface area contributed by atoms with E-state index in [4.69, 9.17) is 9.47 Å². The second-order valence-corrected chi connectivity index (χ2v) is 5.94. The maximum atomic E-state index is 5.49. The molecule has 0 atom stereocenters. The highest BCUT2D eigenvalue weighted by Crippen LogP contribution is 2.49. The molecule has 1 aliphatic carbocycles. The Morgan fingerprint density at radius 1 is 0.952 bits per heavy atom. The van der Waals surface area contributed by atoms with Gasteiger partial charge in [0.25, 0.3) is 0 Å². The first-order valence-electron chi connectivity index (χ1n) is 7.51. The van der Waals surface area contributed by atoms with E-state index in [1.807, 2.05) is 6.07 Å². The SMILES string of the molecule is c1ccc(CNCC2(c3ccc4c(c3)OCO4)CC2)cc1. The van der Waals surface area contributed by atoms with Crippen molar-refractivity contribution in [2.75, 3.05) is 13.3 Å². The standard InChI is InChI=1S/C18H19NO2/c1-2-4-14(5-3-1)11-19-12-18(8-9-18)15-6-7-16-17(10-15)21-13-20-16/h1-7,10,19H,8-9,11-13H2. The molecule has 0 aromatic heterocycles. The van der Waals surface area contributed by atoms with Gasteiger partial charge in [-0.3, -0.25) is 0 Å². The molecule has 2 aromatic carbocycles. The van der Waals surface area contributed by atoms with Gasteiger partial charge in [-0.2, -0.15) is 0 Å². The minimum absolute atomic E-state index is 0.287. The van der Waals surface area contributed by atoms with Crippen LogP contribution in [0.25, 0.3) is 0 Å². The number of rotatable bonds is 5. The summed E-state index contributed by atoms with van der Waals surface area (Å²) in [5, 5.41) is 3.60. The molecule has 4 rings (SSSR count). The van der Waals surface area contributed by atoms with Gasteiger partial charge in [-0.1, -0.05) is 36.4 Å². The molecule has 3 heteroatoms. The molecule has 2 aliphatic rings. The van der Waals surface area contributed by atoms with Crippen LogP contribution >= 0.6 is 0 Å². The first kappa shape index (κ1) is 12.7. The number of hydrogen-bond donors (Lipinski definition) is 1. The molecule has 0 saturated heterocycles. The summed E-state index contributed by atoms with van der Waals surface area (Å²) in [6, 6.07) is 16.9. The molecule has 0 bridgehead atoms. The third-order valence-corrected chi connectivity index (χ3v) is 4.47. The van der Waals surface area contributed by atoms with E-state index < -0.39 is 0 Å². The number of fused-ring (bicyclic) bond motifs is 1. The van der Waals surface area contributed by atoms with Gasteiger partial charge in [0.1, 0.15) is 0 Å². The Morgan fingerprint density at radius 2 is 1.76 bits per heavy atom. The van der Waals surface area contributed by atoms with Gasteiger partial charge in [-0.15, -0.1) is 0 Å². The molecule has 1 fully saturated rings. The zero-order chi connectivity index (χ0) is 14.1. The van der Waals surface area contributed by atoms with Gasteiger partial charge >= 0.3 is 0 Å². The Labute approximate surface area is 124 Å². The van der Waals surface area contributed by atoms with Crippen LogP contribution in [0.5, 0.6) is 11.5 Å². The minimum atomic E-state index is 0.287. The zero-order valence-electron chi connectivity index (χ0n) is 12.0. The first-order valence-corrected chi connectivity index (χ1v) is 7.51. The Balaban J connectivity index is 1.42. The normalized spacial score (nSPS) is 17.7. The van der Waals surface area contributed by atoms with Gasteiger partial charge < -0.3 is 14.8 Å². The van der Waals surface area contributed by atoms with Crippen molar-refractivity contribution in [2.45, 2.75) is 24.8 Å². The van der Waals surface area contributed by atoms with Crippen molar-refractivity contribution >= 4 is 0 Å². The third kappa shape index (κ3) is 2.49. The molecule has 2 aromatic rings. The largest absolute Gasteiger partial charge is 0.454 e. The van der Waals surface area contributed by atoms with Crippen LogP contribution in [-0.4, -0.2) is 13.3 Å². The van der Waals surface area contributed by atoms with Crippen LogP contribution < -0.4 is 14.8 Å². The second kappa shape index (κ2) is 5.08. The van der Waals surface area contributed by atoms with Crippen LogP contribution in [0.4, 0.5) is 0 Å². The summed E-state index contributed by atoms with van der Waals surface area (Å²) in [5.74, 6) is 1.76. The van der Waals surface area contributed by atoms with Crippen molar-refractivity contribution in [1.82, 2.24) is 5.32 Å². The van der Waals surface area contributed by atoms with E-state index in [2.05, 4.69) is 47.8 Å². The Hall–Kier alpha value is -2.00. The summed E-state index contributed by atoms with van der Waals surface area (Å²) in [6.07, 6.45) is 2.49. The van der Waals surface area contributed by atoms with Crippen LogP contribution in [0.1, 0.15) is 24.0 Å². The predicted octanol–water partition coefficient (Wildman–Crippen LogP) is 3.24. The molecule has 0 unspecified atom stereocenters. The highest BCUT2D eigenvalue weighted by Gasteiger charge is 2.44. The molecular weight excluding hydrogens is 262 g/mol. The number of benzene rings is 2. The van der Waals surface area contributed by atoms with Gasteiger partial charge in [0.15, 0.2) is 11.5 Å². The maximum absolute atomic E-state index is 5.49. The van der Waals surface area contributed by atoms with E-state index in [9.17, 15) is 0 Å².